The normalized spacial score (nSPS) is 12.8. The van der Waals surface area contributed by atoms with Gasteiger partial charge in [0.1, 0.15) is 17.9 Å². The maximum Gasteiger partial charge on any atom is 0.311 e. The lowest BCUT2D eigenvalue weighted by atomic mass is 10.3. The first-order valence-electron chi connectivity index (χ1n) is 3.54. The average Bonchev–Trinajstić information content (AvgIpc) is 2.34. The van der Waals surface area contributed by atoms with Gasteiger partial charge in [-0.15, -0.1) is 0 Å². The minimum atomic E-state index is -0.877. The van der Waals surface area contributed by atoms with Crippen LogP contribution in [0, 0.1) is 0 Å². The summed E-state index contributed by atoms with van der Waals surface area (Å²) < 4.78 is 5.23. The Morgan fingerprint density at radius 3 is 2.83 bits per heavy atom. The number of aliphatic carboxylic acids is 1. The van der Waals surface area contributed by atoms with E-state index < -0.39 is 5.97 Å². The van der Waals surface area contributed by atoms with Crippen LogP contribution in [-0.2, 0) is 11.2 Å². The van der Waals surface area contributed by atoms with Crippen molar-refractivity contribution in [1.82, 2.24) is 0 Å². The summed E-state index contributed by atoms with van der Waals surface area (Å²) in [5, 5.41) is 8.44. The summed E-state index contributed by atoms with van der Waals surface area (Å²) in [7, 11) is 0. The molecule has 0 radical (unpaired) electrons. The Bertz CT molecular complexity index is 278. The number of halogens is 1. The molecule has 0 fully saturated rings. The van der Waals surface area contributed by atoms with E-state index in [1.165, 1.54) is 0 Å². The van der Waals surface area contributed by atoms with Crippen molar-refractivity contribution in [3.63, 3.8) is 0 Å². The molecule has 0 aliphatic carbocycles. The lowest BCUT2D eigenvalue weighted by molar-refractivity contribution is -0.136. The summed E-state index contributed by atoms with van der Waals surface area (Å²) >= 11 is 3.32. The average molecular weight is 233 g/mol. The molecule has 4 heteroatoms. The molecule has 0 bridgehead atoms. The van der Waals surface area contributed by atoms with E-state index in [-0.39, 0.29) is 11.2 Å². The van der Waals surface area contributed by atoms with Crippen LogP contribution in [0.25, 0.3) is 0 Å². The topological polar surface area (TPSA) is 50.4 Å². The number of carboxylic acid groups (broad SMARTS) is 1. The van der Waals surface area contributed by atoms with Crippen LogP contribution in [0.1, 0.15) is 23.3 Å². The van der Waals surface area contributed by atoms with Gasteiger partial charge in [0.15, 0.2) is 0 Å². The number of rotatable bonds is 3. The van der Waals surface area contributed by atoms with E-state index in [9.17, 15) is 4.79 Å². The summed E-state index contributed by atoms with van der Waals surface area (Å²) in [5.74, 6) is 0.369. The van der Waals surface area contributed by atoms with Crippen molar-refractivity contribution in [2.75, 3.05) is 0 Å². The smallest absolute Gasteiger partial charge is 0.311 e. The molecule has 0 aromatic carbocycles. The van der Waals surface area contributed by atoms with Crippen molar-refractivity contribution >= 4 is 21.9 Å². The summed E-state index contributed by atoms with van der Waals surface area (Å²) in [5.41, 5.74) is 0. The lowest BCUT2D eigenvalue weighted by Gasteiger charge is -1.95. The van der Waals surface area contributed by atoms with Crippen molar-refractivity contribution in [1.29, 1.82) is 0 Å². The second-order valence-electron chi connectivity index (χ2n) is 2.49. The monoisotopic (exact) mass is 232 g/mol. The molecule has 0 saturated carbocycles. The number of carbonyl (C=O) groups is 1. The van der Waals surface area contributed by atoms with Gasteiger partial charge in [0.2, 0.25) is 0 Å². The van der Waals surface area contributed by atoms with Crippen LogP contribution >= 0.6 is 15.9 Å². The molecule has 1 N–H and O–H groups in total. The number of alkyl halides is 1. The molecule has 1 atom stereocenters. The maximum atomic E-state index is 10.3. The van der Waals surface area contributed by atoms with E-state index >= 15 is 0 Å². The first-order chi connectivity index (χ1) is 5.59. The van der Waals surface area contributed by atoms with Crippen LogP contribution in [0.2, 0.25) is 0 Å². The fourth-order valence-electron chi connectivity index (χ4n) is 0.852. The van der Waals surface area contributed by atoms with E-state index in [0.29, 0.717) is 5.76 Å². The molecule has 66 valence electrons. The molecule has 12 heavy (non-hydrogen) atoms. The van der Waals surface area contributed by atoms with E-state index in [0.717, 1.165) is 5.76 Å². The van der Waals surface area contributed by atoms with Crippen molar-refractivity contribution in [3.05, 3.63) is 23.7 Å². The zero-order chi connectivity index (χ0) is 9.14. The van der Waals surface area contributed by atoms with Gasteiger partial charge in [-0.05, 0) is 19.1 Å². The first kappa shape index (κ1) is 9.32. The summed E-state index contributed by atoms with van der Waals surface area (Å²) in [4.78, 5) is 10.4. The molecule has 3 nitrogen and oxygen atoms in total. The molecule has 1 heterocycles. The van der Waals surface area contributed by atoms with Gasteiger partial charge in [-0.25, -0.2) is 0 Å². The van der Waals surface area contributed by atoms with Crippen LogP contribution in [0.4, 0.5) is 0 Å². The molecule has 1 aromatic rings. The van der Waals surface area contributed by atoms with E-state index in [2.05, 4.69) is 15.9 Å². The molecular formula is C8H9BrO3. The maximum absolute atomic E-state index is 10.3. The fraction of sp³-hybridized carbons (Fsp3) is 0.375. The summed E-state index contributed by atoms with van der Waals surface area (Å²) in [6, 6.07) is 3.46. The number of hydrogen-bond acceptors (Lipinski definition) is 2. The minimum Gasteiger partial charge on any atom is -0.481 e. The van der Waals surface area contributed by atoms with Gasteiger partial charge >= 0.3 is 5.97 Å². The highest BCUT2D eigenvalue weighted by Gasteiger charge is 2.08. The van der Waals surface area contributed by atoms with Gasteiger partial charge in [-0.3, -0.25) is 4.79 Å². The van der Waals surface area contributed by atoms with Crippen molar-refractivity contribution in [3.8, 4) is 0 Å². The van der Waals surface area contributed by atoms with Gasteiger partial charge < -0.3 is 9.52 Å². The summed E-state index contributed by atoms with van der Waals surface area (Å²) in [6.07, 6.45) is -0.0558. The Morgan fingerprint density at radius 1 is 1.75 bits per heavy atom. The highest BCUT2D eigenvalue weighted by molar-refractivity contribution is 9.09. The van der Waals surface area contributed by atoms with Crippen LogP contribution in [0.15, 0.2) is 16.5 Å². The van der Waals surface area contributed by atoms with E-state index in [1.807, 2.05) is 6.92 Å². The molecule has 0 saturated heterocycles. The quantitative estimate of drug-likeness (QED) is 0.815. The van der Waals surface area contributed by atoms with Crippen molar-refractivity contribution < 1.29 is 14.3 Å². The second kappa shape index (κ2) is 3.76. The van der Waals surface area contributed by atoms with Gasteiger partial charge in [-0.2, -0.15) is 0 Å². The van der Waals surface area contributed by atoms with Gasteiger partial charge in [0, 0.05) is 0 Å². The van der Waals surface area contributed by atoms with Crippen LogP contribution < -0.4 is 0 Å². The number of carboxylic acids is 1. The van der Waals surface area contributed by atoms with E-state index in [4.69, 9.17) is 9.52 Å². The van der Waals surface area contributed by atoms with Crippen molar-refractivity contribution in [2.45, 2.75) is 18.2 Å². The van der Waals surface area contributed by atoms with Gasteiger partial charge in [0.25, 0.3) is 0 Å². The van der Waals surface area contributed by atoms with Gasteiger partial charge in [-0.1, -0.05) is 15.9 Å². The predicted octanol–water partition coefficient (Wildman–Crippen LogP) is 2.36. The number of furan rings is 1. The SMILES string of the molecule is CC(Br)c1ccc(CC(=O)O)o1. The molecule has 0 aliphatic heterocycles. The standard InChI is InChI=1S/C8H9BrO3/c1-5(9)7-3-2-6(12-7)4-8(10)11/h2-3,5H,4H2,1H3,(H,10,11). The summed E-state index contributed by atoms with van der Waals surface area (Å²) in [6.45, 7) is 1.92. The zero-order valence-corrected chi connectivity index (χ0v) is 8.17. The molecule has 0 spiro atoms. The van der Waals surface area contributed by atoms with Crippen LogP contribution in [0.5, 0.6) is 0 Å². The Morgan fingerprint density at radius 2 is 2.42 bits per heavy atom. The molecular weight excluding hydrogens is 224 g/mol. The highest BCUT2D eigenvalue weighted by atomic mass is 79.9. The Balaban J connectivity index is 2.70. The molecule has 1 unspecified atom stereocenters. The Kier molecular flexibility index (Phi) is 2.92. The molecule has 1 aromatic heterocycles. The lowest BCUT2D eigenvalue weighted by Crippen LogP contribution is -1.98. The third-order valence-corrected chi connectivity index (χ3v) is 1.85. The predicted molar refractivity (Wildman–Crippen MR) is 47.4 cm³/mol. The van der Waals surface area contributed by atoms with Gasteiger partial charge in [0.05, 0.1) is 4.83 Å². The minimum absolute atomic E-state index is 0.0558. The highest BCUT2D eigenvalue weighted by Crippen LogP contribution is 2.23. The van der Waals surface area contributed by atoms with Crippen LogP contribution in [0.3, 0.4) is 0 Å². The third-order valence-electron chi connectivity index (χ3n) is 1.40. The Hall–Kier alpha value is -0.770. The largest absolute Gasteiger partial charge is 0.481 e. The molecule has 0 aliphatic rings. The zero-order valence-electron chi connectivity index (χ0n) is 6.58. The number of hydrogen-bond donors (Lipinski definition) is 1. The third kappa shape index (κ3) is 2.37. The molecule has 1 rings (SSSR count). The second-order valence-corrected chi connectivity index (χ2v) is 3.86. The first-order valence-corrected chi connectivity index (χ1v) is 4.45. The molecule has 0 amide bonds. The Labute approximate surface area is 78.5 Å². The van der Waals surface area contributed by atoms with E-state index in [1.54, 1.807) is 12.1 Å². The van der Waals surface area contributed by atoms with Crippen molar-refractivity contribution in [2.24, 2.45) is 0 Å². The fourth-order valence-corrected chi connectivity index (χ4v) is 1.10. The van der Waals surface area contributed by atoms with Crippen LogP contribution in [-0.4, -0.2) is 11.1 Å².